The maximum absolute atomic E-state index is 4.29. The van der Waals surface area contributed by atoms with E-state index < -0.39 is 0 Å². The topological polar surface area (TPSA) is 24.7 Å². The van der Waals surface area contributed by atoms with Gasteiger partial charge in [0.05, 0.1) is 11.4 Å². The molecule has 0 unspecified atom stereocenters. The lowest BCUT2D eigenvalue weighted by Crippen LogP contribution is -1.85. The Labute approximate surface area is 92.2 Å². The van der Waals surface area contributed by atoms with E-state index in [1.54, 1.807) is 18.5 Å². The van der Waals surface area contributed by atoms with Gasteiger partial charge < -0.3 is 0 Å². The zero-order valence-electron chi connectivity index (χ0n) is 9.70. The molecule has 0 aliphatic rings. The van der Waals surface area contributed by atoms with Gasteiger partial charge in [0.25, 0.3) is 0 Å². The highest BCUT2D eigenvalue weighted by atomic mass is 14.8. The molecule has 0 saturated carbocycles. The lowest BCUT2D eigenvalue weighted by molar-refractivity contribution is 1.23. The van der Waals surface area contributed by atoms with E-state index in [1.165, 1.54) is 0 Å². The minimum Gasteiger partial charge on any atom is -0.255 e. The van der Waals surface area contributed by atoms with Gasteiger partial charge in [-0.15, -0.1) is 0 Å². The third-order valence-electron chi connectivity index (χ3n) is 1.55. The van der Waals surface area contributed by atoms with Gasteiger partial charge in [-0.25, -0.2) is 0 Å². The van der Waals surface area contributed by atoms with Crippen LogP contribution in [-0.2, 0) is 0 Å². The molecule has 0 amide bonds. The highest BCUT2D eigenvalue weighted by Gasteiger charge is 1.97. The maximum atomic E-state index is 4.29. The van der Waals surface area contributed by atoms with Gasteiger partial charge in [-0.05, 0) is 26.3 Å². The van der Waals surface area contributed by atoms with Gasteiger partial charge in [0.15, 0.2) is 0 Å². The quantitative estimate of drug-likeness (QED) is 0.480. The van der Waals surface area contributed by atoms with Gasteiger partial charge in [0.2, 0.25) is 0 Å². The van der Waals surface area contributed by atoms with Crippen molar-refractivity contribution >= 4 is 12.4 Å². The van der Waals surface area contributed by atoms with E-state index in [1.807, 2.05) is 32.9 Å². The summed E-state index contributed by atoms with van der Waals surface area (Å²) in [5.74, 6) is 0. The normalized spacial score (nSPS) is 13.8. The van der Waals surface area contributed by atoms with Gasteiger partial charge in [-0.1, -0.05) is 31.4 Å². The minimum atomic E-state index is 0.829. The molecule has 0 rings (SSSR count). The number of rotatable bonds is 5. The summed E-state index contributed by atoms with van der Waals surface area (Å²) in [7, 11) is 0. The van der Waals surface area contributed by atoms with Crippen LogP contribution in [0, 0.1) is 0 Å². The Morgan fingerprint density at radius 2 is 1.60 bits per heavy atom. The lowest BCUT2D eigenvalue weighted by atomic mass is 10.3. The first-order chi connectivity index (χ1) is 7.15. The summed E-state index contributed by atoms with van der Waals surface area (Å²) in [6.45, 7) is 13.1. The van der Waals surface area contributed by atoms with E-state index in [0.29, 0.717) is 0 Å². The first-order valence-electron chi connectivity index (χ1n) is 4.83. The average molecular weight is 202 g/mol. The standard InChI is InChI=1S/C13H18N2/c1-6-9-14-12(7-2)13(8-3)15-10-11(4)5/h6-10H,1,4H2,2-3,5H3/b12-7-,13-8-,14-9?,15-10?. The first kappa shape index (κ1) is 13.3. The summed E-state index contributed by atoms with van der Waals surface area (Å²) in [6, 6.07) is 0. The van der Waals surface area contributed by atoms with E-state index in [0.717, 1.165) is 17.0 Å². The fourth-order valence-electron chi connectivity index (χ4n) is 0.890. The fourth-order valence-corrected chi connectivity index (χ4v) is 0.890. The SMILES string of the molecule is C=CC=NC(=C\C)/C(=C/C)N=CC(=C)C. The molecule has 0 heterocycles. The molecule has 0 aromatic carbocycles. The number of hydrogen-bond acceptors (Lipinski definition) is 2. The molecular weight excluding hydrogens is 184 g/mol. The molecule has 0 aliphatic carbocycles. The highest BCUT2D eigenvalue weighted by molar-refractivity contribution is 5.78. The monoisotopic (exact) mass is 202 g/mol. The van der Waals surface area contributed by atoms with E-state index in [2.05, 4.69) is 23.1 Å². The summed E-state index contributed by atoms with van der Waals surface area (Å²) in [6.07, 6.45) is 8.83. The molecule has 2 heteroatoms. The zero-order valence-corrected chi connectivity index (χ0v) is 9.70. The second-order valence-corrected chi connectivity index (χ2v) is 2.97. The molecule has 0 spiro atoms. The van der Waals surface area contributed by atoms with Crippen LogP contribution < -0.4 is 0 Å². The van der Waals surface area contributed by atoms with Crippen molar-refractivity contribution in [3.05, 3.63) is 48.4 Å². The summed E-state index contributed by atoms with van der Waals surface area (Å²) >= 11 is 0. The molecule has 0 atom stereocenters. The van der Waals surface area contributed by atoms with Crippen LogP contribution in [0.3, 0.4) is 0 Å². The van der Waals surface area contributed by atoms with Crippen molar-refractivity contribution < 1.29 is 0 Å². The molecule has 0 fully saturated rings. The summed E-state index contributed by atoms with van der Waals surface area (Å²) in [5.41, 5.74) is 2.58. The Morgan fingerprint density at radius 1 is 1.07 bits per heavy atom. The van der Waals surface area contributed by atoms with Crippen LogP contribution in [0.15, 0.2) is 58.3 Å². The van der Waals surface area contributed by atoms with Crippen LogP contribution in [0.25, 0.3) is 0 Å². The fraction of sp³-hybridized carbons (Fsp3) is 0.231. The Kier molecular flexibility index (Phi) is 6.81. The average Bonchev–Trinajstić information content (AvgIpc) is 2.22. The second-order valence-electron chi connectivity index (χ2n) is 2.97. The summed E-state index contributed by atoms with van der Waals surface area (Å²) in [5, 5.41) is 0. The molecule has 0 aliphatic heterocycles. The lowest BCUT2D eigenvalue weighted by Gasteiger charge is -2.00. The van der Waals surface area contributed by atoms with Crippen LogP contribution in [-0.4, -0.2) is 12.4 Å². The molecule has 80 valence electrons. The molecule has 0 radical (unpaired) electrons. The Morgan fingerprint density at radius 3 is 2.00 bits per heavy atom. The molecule has 0 aromatic heterocycles. The minimum absolute atomic E-state index is 0.829. The van der Waals surface area contributed by atoms with Crippen LogP contribution in [0.2, 0.25) is 0 Å². The van der Waals surface area contributed by atoms with E-state index in [4.69, 9.17) is 0 Å². The van der Waals surface area contributed by atoms with Gasteiger partial charge >= 0.3 is 0 Å². The molecule has 2 nitrogen and oxygen atoms in total. The van der Waals surface area contributed by atoms with E-state index in [9.17, 15) is 0 Å². The van der Waals surface area contributed by atoms with Crippen LogP contribution in [0.1, 0.15) is 20.8 Å². The smallest absolute Gasteiger partial charge is 0.0840 e. The Hall–Kier alpha value is -1.70. The molecule has 15 heavy (non-hydrogen) atoms. The maximum Gasteiger partial charge on any atom is 0.0840 e. The predicted octanol–water partition coefficient (Wildman–Crippen LogP) is 3.70. The molecular formula is C13H18N2. The summed E-state index contributed by atoms with van der Waals surface area (Å²) < 4.78 is 0. The molecule has 0 aromatic rings. The number of hydrogen-bond donors (Lipinski definition) is 0. The molecule has 0 saturated heterocycles. The van der Waals surface area contributed by atoms with E-state index in [-0.39, 0.29) is 0 Å². The predicted molar refractivity (Wildman–Crippen MR) is 69.5 cm³/mol. The van der Waals surface area contributed by atoms with Crippen molar-refractivity contribution in [2.24, 2.45) is 9.98 Å². The third-order valence-corrected chi connectivity index (χ3v) is 1.55. The number of allylic oxidation sites excluding steroid dienone is 4. The van der Waals surface area contributed by atoms with Gasteiger partial charge in [-0.3, -0.25) is 9.98 Å². The van der Waals surface area contributed by atoms with Crippen molar-refractivity contribution in [3.8, 4) is 0 Å². The van der Waals surface area contributed by atoms with Crippen molar-refractivity contribution in [2.45, 2.75) is 20.8 Å². The van der Waals surface area contributed by atoms with Crippen LogP contribution in [0.5, 0.6) is 0 Å². The van der Waals surface area contributed by atoms with Crippen molar-refractivity contribution in [1.29, 1.82) is 0 Å². The second kappa shape index (κ2) is 7.68. The largest absolute Gasteiger partial charge is 0.255 e. The molecule has 0 bridgehead atoms. The van der Waals surface area contributed by atoms with E-state index >= 15 is 0 Å². The van der Waals surface area contributed by atoms with Crippen molar-refractivity contribution in [1.82, 2.24) is 0 Å². The number of nitrogens with zero attached hydrogens (tertiary/aromatic N) is 2. The highest BCUT2D eigenvalue weighted by Crippen LogP contribution is 2.12. The Balaban J connectivity index is 4.88. The van der Waals surface area contributed by atoms with Gasteiger partial charge in [0.1, 0.15) is 0 Å². The van der Waals surface area contributed by atoms with Gasteiger partial charge in [-0.2, -0.15) is 0 Å². The first-order valence-corrected chi connectivity index (χ1v) is 4.83. The Bertz CT molecular complexity index is 342. The van der Waals surface area contributed by atoms with Crippen LogP contribution >= 0.6 is 0 Å². The zero-order chi connectivity index (χ0) is 11.7. The van der Waals surface area contributed by atoms with Crippen LogP contribution in [0.4, 0.5) is 0 Å². The van der Waals surface area contributed by atoms with Crippen molar-refractivity contribution in [2.75, 3.05) is 0 Å². The summed E-state index contributed by atoms with van der Waals surface area (Å²) in [4.78, 5) is 8.50. The molecule has 0 N–H and O–H groups in total. The van der Waals surface area contributed by atoms with Crippen molar-refractivity contribution in [3.63, 3.8) is 0 Å². The van der Waals surface area contributed by atoms with Gasteiger partial charge in [0, 0.05) is 12.4 Å². The number of aliphatic imine (C=N–C) groups is 2. The third kappa shape index (κ3) is 5.57.